The van der Waals surface area contributed by atoms with Gasteiger partial charge in [-0.1, -0.05) is 13.8 Å². The summed E-state index contributed by atoms with van der Waals surface area (Å²) in [6.45, 7) is 7.44. The van der Waals surface area contributed by atoms with Gasteiger partial charge < -0.3 is 14.4 Å². The lowest BCUT2D eigenvalue weighted by molar-refractivity contribution is 0.0415. The Morgan fingerprint density at radius 1 is 1.35 bits per heavy atom. The minimum Gasteiger partial charge on any atom is -0.486 e. The average molecular weight is 274 g/mol. The number of hydrogen-bond acceptors (Lipinski definition) is 6. The number of hydrogen-bond donors (Lipinski definition) is 0. The Morgan fingerprint density at radius 3 is 2.85 bits per heavy atom. The molecule has 0 N–H and O–H groups in total. The molecule has 1 aromatic heterocycles. The molecular weight excluding hydrogens is 256 g/mol. The topological polar surface area (TPSA) is 71.3 Å². The molecule has 0 aromatic carbocycles. The molecule has 1 aromatic rings. The second-order valence-electron chi connectivity index (χ2n) is 5.55. The molecule has 2 atom stereocenters. The molecule has 2 aliphatic rings. The van der Waals surface area contributed by atoms with Crippen LogP contribution in [0.5, 0.6) is 5.75 Å². The van der Waals surface area contributed by atoms with Gasteiger partial charge in [0.1, 0.15) is 19.2 Å². The van der Waals surface area contributed by atoms with Gasteiger partial charge in [0.2, 0.25) is 0 Å². The Morgan fingerprint density at radius 2 is 2.15 bits per heavy atom. The second kappa shape index (κ2) is 4.91. The van der Waals surface area contributed by atoms with E-state index in [-0.39, 0.29) is 17.9 Å². The number of anilines is 1. The predicted octanol–water partition coefficient (Wildman–Crippen LogP) is 1.60. The molecule has 6 heteroatoms. The lowest BCUT2D eigenvalue weighted by Crippen LogP contribution is -2.54. The molecule has 0 radical (unpaired) electrons. The van der Waals surface area contributed by atoms with E-state index >= 15 is 0 Å². The van der Waals surface area contributed by atoms with Crippen molar-refractivity contribution in [3.8, 4) is 11.8 Å². The maximum atomic E-state index is 9.23. The first-order chi connectivity index (χ1) is 9.61. The number of aryl methyl sites for hydroxylation is 1. The van der Waals surface area contributed by atoms with E-state index in [0.29, 0.717) is 19.9 Å². The van der Waals surface area contributed by atoms with Gasteiger partial charge in [0.25, 0.3) is 0 Å². The SMILES string of the molecule is Cc1nc(C(C)C)c2c(n1)N1COCC(C#N)C1CO2. The standard InChI is InChI=1S/C14H18N4O2/c1-8(2)12-13-14(17-9(3)16-12)18-7-19-5-10(4-15)11(18)6-20-13/h8,10-11H,5-7H2,1-3H3. The quantitative estimate of drug-likeness (QED) is 0.774. The molecule has 1 saturated heterocycles. The van der Waals surface area contributed by atoms with Crippen LogP contribution in [0, 0.1) is 24.2 Å². The Balaban J connectivity index is 2.07. The van der Waals surface area contributed by atoms with Crippen molar-refractivity contribution >= 4 is 5.82 Å². The van der Waals surface area contributed by atoms with Crippen molar-refractivity contribution in [1.29, 1.82) is 5.26 Å². The molecule has 3 heterocycles. The van der Waals surface area contributed by atoms with Crippen molar-refractivity contribution in [2.24, 2.45) is 5.92 Å². The highest BCUT2D eigenvalue weighted by Crippen LogP contribution is 2.39. The minimum atomic E-state index is -0.185. The number of fused-ring (bicyclic) bond motifs is 3. The Kier molecular flexibility index (Phi) is 3.22. The fourth-order valence-electron chi connectivity index (χ4n) is 2.71. The van der Waals surface area contributed by atoms with E-state index in [2.05, 4.69) is 29.9 Å². The van der Waals surface area contributed by atoms with Crippen LogP contribution in [0.3, 0.4) is 0 Å². The number of ether oxygens (including phenoxy) is 2. The van der Waals surface area contributed by atoms with Crippen molar-refractivity contribution < 1.29 is 9.47 Å². The van der Waals surface area contributed by atoms with Crippen LogP contribution in [0.25, 0.3) is 0 Å². The van der Waals surface area contributed by atoms with Crippen LogP contribution in [0.1, 0.15) is 31.3 Å². The zero-order valence-corrected chi connectivity index (χ0v) is 12.0. The monoisotopic (exact) mass is 274 g/mol. The molecule has 0 aliphatic carbocycles. The van der Waals surface area contributed by atoms with E-state index in [0.717, 1.165) is 23.1 Å². The van der Waals surface area contributed by atoms with Gasteiger partial charge in [-0.15, -0.1) is 0 Å². The van der Waals surface area contributed by atoms with Crippen molar-refractivity contribution in [1.82, 2.24) is 9.97 Å². The minimum absolute atomic E-state index is 0.00978. The normalized spacial score (nSPS) is 24.6. The van der Waals surface area contributed by atoms with E-state index < -0.39 is 0 Å². The summed E-state index contributed by atoms with van der Waals surface area (Å²) in [7, 11) is 0. The van der Waals surface area contributed by atoms with Crippen LogP contribution < -0.4 is 9.64 Å². The summed E-state index contributed by atoms with van der Waals surface area (Å²) in [6, 6.07) is 2.31. The first kappa shape index (κ1) is 13.1. The van der Waals surface area contributed by atoms with Gasteiger partial charge in [0.05, 0.1) is 30.3 Å². The number of nitriles is 1. The zero-order chi connectivity index (χ0) is 14.3. The summed E-state index contributed by atoms with van der Waals surface area (Å²) < 4.78 is 11.4. The Labute approximate surface area is 118 Å². The Bertz CT molecular complexity index is 567. The van der Waals surface area contributed by atoms with E-state index in [9.17, 15) is 5.26 Å². The maximum absolute atomic E-state index is 9.23. The molecule has 0 amide bonds. The first-order valence-electron chi connectivity index (χ1n) is 6.87. The maximum Gasteiger partial charge on any atom is 0.183 e. The van der Waals surface area contributed by atoms with Crippen LogP contribution in [0.4, 0.5) is 5.82 Å². The third-order valence-electron chi connectivity index (χ3n) is 3.76. The van der Waals surface area contributed by atoms with Gasteiger partial charge in [-0.2, -0.15) is 5.26 Å². The third-order valence-corrected chi connectivity index (χ3v) is 3.76. The smallest absolute Gasteiger partial charge is 0.183 e. The lowest BCUT2D eigenvalue weighted by atomic mass is 9.98. The van der Waals surface area contributed by atoms with Crippen LogP contribution >= 0.6 is 0 Å². The molecule has 1 fully saturated rings. The highest BCUT2D eigenvalue weighted by molar-refractivity contribution is 5.58. The third kappa shape index (κ3) is 1.98. The largest absolute Gasteiger partial charge is 0.486 e. The summed E-state index contributed by atoms with van der Waals surface area (Å²) in [4.78, 5) is 11.0. The Hall–Kier alpha value is -1.87. The summed E-state index contributed by atoms with van der Waals surface area (Å²) in [6.07, 6.45) is 0. The van der Waals surface area contributed by atoms with Crippen LogP contribution in [-0.2, 0) is 4.74 Å². The van der Waals surface area contributed by atoms with Crippen molar-refractivity contribution in [3.63, 3.8) is 0 Å². The number of aromatic nitrogens is 2. The molecule has 2 unspecified atom stereocenters. The molecule has 106 valence electrons. The highest BCUT2D eigenvalue weighted by atomic mass is 16.5. The number of nitrogens with zero attached hydrogens (tertiary/aromatic N) is 4. The summed E-state index contributed by atoms with van der Waals surface area (Å²) in [5.74, 6) is 2.30. The summed E-state index contributed by atoms with van der Waals surface area (Å²) in [5, 5.41) is 9.23. The zero-order valence-electron chi connectivity index (χ0n) is 12.0. The van der Waals surface area contributed by atoms with Crippen LogP contribution in [0.15, 0.2) is 0 Å². The predicted molar refractivity (Wildman–Crippen MR) is 72.5 cm³/mol. The van der Waals surface area contributed by atoms with E-state index in [1.54, 1.807) is 0 Å². The van der Waals surface area contributed by atoms with Crippen LogP contribution in [-0.4, -0.2) is 36.0 Å². The molecule has 20 heavy (non-hydrogen) atoms. The molecule has 6 nitrogen and oxygen atoms in total. The summed E-state index contributed by atoms with van der Waals surface area (Å²) in [5.41, 5.74) is 0.921. The second-order valence-corrected chi connectivity index (χ2v) is 5.55. The fourth-order valence-corrected chi connectivity index (χ4v) is 2.71. The lowest BCUT2D eigenvalue weighted by Gasteiger charge is -2.42. The number of rotatable bonds is 1. The van der Waals surface area contributed by atoms with E-state index in [1.165, 1.54) is 0 Å². The molecule has 3 rings (SSSR count). The summed E-state index contributed by atoms with van der Waals surface area (Å²) >= 11 is 0. The van der Waals surface area contributed by atoms with E-state index in [4.69, 9.17) is 9.47 Å². The van der Waals surface area contributed by atoms with Gasteiger partial charge in [0, 0.05) is 0 Å². The van der Waals surface area contributed by atoms with E-state index in [1.807, 2.05) is 11.8 Å². The van der Waals surface area contributed by atoms with Gasteiger partial charge in [-0.25, -0.2) is 9.97 Å². The van der Waals surface area contributed by atoms with Crippen molar-refractivity contribution in [3.05, 3.63) is 11.5 Å². The van der Waals surface area contributed by atoms with Gasteiger partial charge >= 0.3 is 0 Å². The van der Waals surface area contributed by atoms with Crippen molar-refractivity contribution in [2.75, 3.05) is 24.8 Å². The fraction of sp³-hybridized carbons (Fsp3) is 0.643. The molecule has 0 bridgehead atoms. The first-order valence-corrected chi connectivity index (χ1v) is 6.87. The van der Waals surface area contributed by atoms with Gasteiger partial charge in [-0.3, -0.25) is 0 Å². The van der Waals surface area contributed by atoms with Crippen LogP contribution in [0.2, 0.25) is 0 Å². The molecule has 0 saturated carbocycles. The van der Waals surface area contributed by atoms with Gasteiger partial charge in [0.15, 0.2) is 11.6 Å². The average Bonchev–Trinajstić information content (AvgIpc) is 2.45. The molecule has 0 spiro atoms. The highest BCUT2D eigenvalue weighted by Gasteiger charge is 2.39. The molecular formula is C14H18N4O2. The molecule has 2 aliphatic heterocycles. The van der Waals surface area contributed by atoms with Crippen molar-refractivity contribution in [2.45, 2.75) is 32.7 Å². The van der Waals surface area contributed by atoms with Gasteiger partial charge in [-0.05, 0) is 12.8 Å².